The van der Waals surface area contributed by atoms with E-state index in [1.54, 1.807) is 49.1 Å². The monoisotopic (exact) mass is 450 g/mol. The zero-order valence-electron chi connectivity index (χ0n) is 17.7. The molecular weight excluding hydrogens is 424 g/mol. The molecule has 0 saturated heterocycles. The highest BCUT2D eigenvalue weighted by atomic mass is 32.2. The van der Waals surface area contributed by atoms with Gasteiger partial charge in [-0.25, -0.2) is 17.4 Å². The summed E-state index contributed by atoms with van der Waals surface area (Å²) >= 11 is 0. The number of nitrogens with one attached hydrogen (secondary N) is 2. The summed E-state index contributed by atoms with van der Waals surface area (Å²) in [6, 6.07) is 15.9. The van der Waals surface area contributed by atoms with E-state index < -0.39 is 10.0 Å². The van der Waals surface area contributed by atoms with Gasteiger partial charge in [0.05, 0.1) is 16.7 Å². The molecule has 0 spiro atoms. The molecule has 0 radical (unpaired) electrons. The predicted molar refractivity (Wildman–Crippen MR) is 124 cm³/mol. The summed E-state index contributed by atoms with van der Waals surface area (Å²) < 4.78 is 27.7. The number of imidazole rings is 1. The number of rotatable bonds is 10. The van der Waals surface area contributed by atoms with Crippen LogP contribution in [0.15, 0.2) is 78.2 Å². The Kier molecular flexibility index (Phi) is 6.70. The van der Waals surface area contributed by atoms with Gasteiger partial charge >= 0.3 is 0 Å². The molecule has 4 aromatic rings. The van der Waals surface area contributed by atoms with E-state index in [2.05, 4.69) is 15.3 Å². The van der Waals surface area contributed by atoms with E-state index in [4.69, 9.17) is 0 Å². The van der Waals surface area contributed by atoms with Crippen molar-refractivity contribution in [2.24, 2.45) is 0 Å². The smallest absolute Gasteiger partial charge is 0.268 e. The number of carbonyl (C=O) groups excluding carboxylic acids is 1. The second kappa shape index (κ2) is 9.82. The van der Waals surface area contributed by atoms with E-state index in [1.807, 2.05) is 24.3 Å². The van der Waals surface area contributed by atoms with Crippen LogP contribution in [0.4, 0.5) is 0 Å². The lowest BCUT2D eigenvalue weighted by molar-refractivity contribution is -0.121. The fourth-order valence-electron chi connectivity index (χ4n) is 3.78. The minimum Gasteiger partial charge on any atom is -0.356 e. The van der Waals surface area contributed by atoms with Crippen molar-refractivity contribution < 1.29 is 13.2 Å². The Balaban J connectivity index is 1.38. The van der Waals surface area contributed by atoms with Crippen LogP contribution >= 0.6 is 0 Å². The van der Waals surface area contributed by atoms with Crippen LogP contribution < -0.4 is 5.32 Å². The van der Waals surface area contributed by atoms with Gasteiger partial charge in [-0.2, -0.15) is 0 Å². The Morgan fingerprint density at radius 1 is 1.00 bits per heavy atom. The van der Waals surface area contributed by atoms with Crippen molar-refractivity contribution in [3.8, 4) is 0 Å². The summed E-state index contributed by atoms with van der Waals surface area (Å²) in [6.45, 7) is 0.618. The van der Waals surface area contributed by atoms with Crippen molar-refractivity contribution >= 4 is 26.8 Å². The molecule has 2 N–H and O–H groups in total. The minimum absolute atomic E-state index is 0.00950. The largest absolute Gasteiger partial charge is 0.356 e. The number of aryl methyl sites for hydroxylation is 2. The fraction of sp³-hybridized carbons (Fsp3) is 0.250. The summed E-state index contributed by atoms with van der Waals surface area (Å²) in [5, 5.41) is 3.84. The molecule has 0 saturated carbocycles. The number of aromatic nitrogens is 3. The average Bonchev–Trinajstić information content (AvgIpc) is 3.46. The van der Waals surface area contributed by atoms with Crippen molar-refractivity contribution in [2.75, 3.05) is 6.54 Å². The van der Waals surface area contributed by atoms with Gasteiger partial charge < -0.3 is 10.3 Å². The van der Waals surface area contributed by atoms with Gasteiger partial charge in [-0.15, -0.1) is 0 Å². The Morgan fingerprint density at radius 3 is 2.56 bits per heavy atom. The third kappa shape index (κ3) is 4.91. The highest BCUT2D eigenvalue weighted by Crippen LogP contribution is 2.27. The Labute approximate surface area is 187 Å². The third-order valence-corrected chi connectivity index (χ3v) is 7.10. The Hall–Kier alpha value is -3.39. The highest BCUT2D eigenvalue weighted by Gasteiger charge is 2.20. The molecule has 8 heteroatoms. The van der Waals surface area contributed by atoms with Gasteiger partial charge in [0.2, 0.25) is 5.91 Å². The van der Waals surface area contributed by atoms with E-state index >= 15 is 0 Å². The molecule has 0 unspecified atom stereocenters. The van der Waals surface area contributed by atoms with Crippen LogP contribution in [0.2, 0.25) is 0 Å². The van der Waals surface area contributed by atoms with Crippen LogP contribution in [0, 0.1) is 0 Å². The lowest BCUT2D eigenvalue weighted by Crippen LogP contribution is -2.24. The van der Waals surface area contributed by atoms with Gasteiger partial charge in [0.15, 0.2) is 0 Å². The Morgan fingerprint density at radius 2 is 1.78 bits per heavy atom. The summed E-state index contributed by atoms with van der Waals surface area (Å²) in [4.78, 5) is 19.5. The predicted octanol–water partition coefficient (Wildman–Crippen LogP) is 3.67. The van der Waals surface area contributed by atoms with Crippen molar-refractivity contribution in [1.29, 1.82) is 0 Å². The number of hydrogen-bond acceptors (Lipinski definition) is 4. The van der Waals surface area contributed by atoms with E-state index in [1.165, 1.54) is 3.97 Å². The average molecular weight is 451 g/mol. The molecule has 32 heavy (non-hydrogen) atoms. The normalized spacial score (nSPS) is 11.6. The lowest BCUT2D eigenvalue weighted by atomic mass is 10.1. The molecule has 4 rings (SSSR count). The van der Waals surface area contributed by atoms with Gasteiger partial charge in [-0.1, -0.05) is 36.4 Å². The number of fused-ring (bicyclic) bond motifs is 1. The molecule has 0 aliphatic heterocycles. The number of hydrogen-bond donors (Lipinski definition) is 2. The van der Waals surface area contributed by atoms with E-state index in [-0.39, 0.29) is 10.8 Å². The van der Waals surface area contributed by atoms with Gasteiger partial charge in [0, 0.05) is 36.4 Å². The molecular formula is C24H26N4O3S. The third-order valence-electron chi connectivity index (χ3n) is 5.41. The van der Waals surface area contributed by atoms with E-state index in [0.717, 1.165) is 29.5 Å². The zero-order chi connectivity index (χ0) is 22.4. The van der Waals surface area contributed by atoms with Crippen LogP contribution in [0.25, 0.3) is 10.9 Å². The summed E-state index contributed by atoms with van der Waals surface area (Å²) in [5.41, 5.74) is 2.63. The topological polar surface area (TPSA) is 96.8 Å². The van der Waals surface area contributed by atoms with Gasteiger partial charge in [0.25, 0.3) is 10.0 Å². The maximum Gasteiger partial charge on any atom is 0.268 e. The van der Waals surface area contributed by atoms with Crippen LogP contribution in [-0.4, -0.2) is 34.8 Å². The number of para-hydroxylation sites is 1. The first-order valence-electron chi connectivity index (χ1n) is 10.7. The standard InChI is InChI=1S/C24H26N4O3S/c29-24(26-15-7-9-20-16-25-18-27-20)14-6-8-19-17-28(23-13-5-4-12-22(19)23)32(30,31)21-10-2-1-3-11-21/h1-5,10-13,16-18H,6-9,14-15H2,(H,25,27)(H,26,29). The van der Waals surface area contributed by atoms with Crippen molar-refractivity contribution in [1.82, 2.24) is 19.3 Å². The van der Waals surface area contributed by atoms with Crippen LogP contribution in [0.1, 0.15) is 30.5 Å². The van der Waals surface area contributed by atoms with Crippen molar-refractivity contribution in [2.45, 2.75) is 37.0 Å². The fourth-order valence-corrected chi connectivity index (χ4v) is 5.19. The molecule has 0 fully saturated rings. The molecule has 7 nitrogen and oxygen atoms in total. The van der Waals surface area contributed by atoms with Crippen molar-refractivity contribution in [3.63, 3.8) is 0 Å². The molecule has 2 aromatic carbocycles. The SMILES string of the molecule is O=C(CCCc1cn(S(=O)(=O)c2ccccc2)c2ccccc12)NCCCc1cnc[nH]1. The van der Waals surface area contributed by atoms with Crippen molar-refractivity contribution in [3.05, 3.63) is 84.6 Å². The number of amides is 1. The zero-order valence-corrected chi connectivity index (χ0v) is 18.5. The molecule has 0 atom stereocenters. The highest BCUT2D eigenvalue weighted by molar-refractivity contribution is 7.90. The second-order valence-electron chi connectivity index (χ2n) is 7.67. The first kappa shape index (κ1) is 21.8. The van der Waals surface area contributed by atoms with Crippen LogP contribution in [0.5, 0.6) is 0 Å². The van der Waals surface area contributed by atoms with Gasteiger partial charge in [-0.3, -0.25) is 4.79 Å². The maximum absolute atomic E-state index is 13.2. The molecule has 2 heterocycles. The molecule has 0 aliphatic carbocycles. The molecule has 2 aromatic heterocycles. The van der Waals surface area contributed by atoms with E-state index in [9.17, 15) is 13.2 Å². The second-order valence-corrected chi connectivity index (χ2v) is 9.48. The van der Waals surface area contributed by atoms with Gasteiger partial charge in [0.1, 0.15) is 0 Å². The Bertz CT molecular complexity index is 1280. The number of aromatic amines is 1. The quantitative estimate of drug-likeness (QED) is 0.360. The van der Waals surface area contributed by atoms with E-state index in [0.29, 0.717) is 31.3 Å². The number of nitrogens with zero attached hydrogens (tertiary/aromatic N) is 2. The number of H-pyrrole nitrogens is 1. The maximum atomic E-state index is 13.2. The molecule has 166 valence electrons. The first-order valence-corrected chi connectivity index (χ1v) is 12.1. The van der Waals surface area contributed by atoms with Gasteiger partial charge in [-0.05, 0) is 49.4 Å². The van der Waals surface area contributed by atoms with Crippen LogP contribution in [0.3, 0.4) is 0 Å². The number of carbonyl (C=O) groups is 1. The summed E-state index contributed by atoms with van der Waals surface area (Å²) in [5.74, 6) is 0.00950. The molecule has 1 amide bonds. The van der Waals surface area contributed by atoms with Crippen LogP contribution in [-0.2, 0) is 27.7 Å². The number of benzene rings is 2. The first-order chi connectivity index (χ1) is 15.6. The summed E-state index contributed by atoms with van der Waals surface area (Å²) in [6.07, 6.45) is 8.48. The summed E-state index contributed by atoms with van der Waals surface area (Å²) in [7, 11) is -3.69. The molecule has 0 bridgehead atoms. The molecule has 0 aliphatic rings. The minimum atomic E-state index is -3.69. The lowest BCUT2D eigenvalue weighted by Gasteiger charge is -2.07.